The van der Waals surface area contributed by atoms with Crippen LogP contribution >= 0.6 is 0 Å². The van der Waals surface area contributed by atoms with E-state index in [0.717, 1.165) is 43.1 Å². The molecular formula is C19H26N8O3. The fourth-order valence-corrected chi connectivity index (χ4v) is 3.86. The molecule has 1 N–H and O–H groups in total. The maximum absolute atomic E-state index is 12.5. The van der Waals surface area contributed by atoms with Gasteiger partial charge < -0.3 is 9.67 Å². The highest BCUT2D eigenvalue weighted by atomic mass is 16.3. The van der Waals surface area contributed by atoms with Gasteiger partial charge in [0, 0.05) is 59.2 Å². The first-order chi connectivity index (χ1) is 14.4. The van der Waals surface area contributed by atoms with Crippen LogP contribution in [0.25, 0.3) is 11.2 Å². The summed E-state index contributed by atoms with van der Waals surface area (Å²) in [5.74, 6) is 0.814. The Kier molecular flexibility index (Phi) is 5.75. The first-order valence-electron chi connectivity index (χ1n) is 9.93. The summed E-state index contributed by atoms with van der Waals surface area (Å²) in [5, 5.41) is 10.6. The Morgan fingerprint density at radius 2 is 1.63 bits per heavy atom. The van der Waals surface area contributed by atoms with Gasteiger partial charge in [-0.15, -0.1) is 0 Å². The molecule has 0 aromatic carbocycles. The number of piperazine rings is 1. The van der Waals surface area contributed by atoms with Gasteiger partial charge in [-0.2, -0.15) is 0 Å². The first kappa shape index (κ1) is 20.4. The Labute approximate surface area is 172 Å². The lowest BCUT2D eigenvalue weighted by molar-refractivity contribution is 0.0620. The van der Waals surface area contributed by atoms with Crippen LogP contribution in [0.3, 0.4) is 0 Å². The van der Waals surface area contributed by atoms with E-state index in [2.05, 4.69) is 24.8 Å². The summed E-state index contributed by atoms with van der Waals surface area (Å²) >= 11 is 0. The Balaban J connectivity index is 1.36. The van der Waals surface area contributed by atoms with Gasteiger partial charge in [0.05, 0.1) is 25.5 Å². The SMILES string of the molecule is Cn1c(=O)c2c(ncn2CC(O)CN2CCN(Cc3ncccn3)CC2)n(C)c1=O. The smallest absolute Gasteiger partial charge is 0.332 e. The van der Waals surface area contributed by atoms with E-state index in [1.165, 1.54) is 17.9 Å². The molecule has 1 atom stereocenters. The molecule has 1 fully saturated rings. The first-order valence-corrected chi connectivity index (χ1v) is 9.93. The average molecular weight is 414 g/mol. The Morgan fingerprint density at radius 3 is 2.33 bits per heavy atom. The summed E-state index contributed by atoms with van der Waals surface area (Å²) in [6.45, 7) is 4.89. The Hall–Kier alpha value is -2.89. The van der Waals surface area contributed by atoms with Crippen LogP contribution in [0.4, 0.5) is 0 Å². The van der Waals surface area contributed by atoms with Gasteiger partial charge in [0.2, 0.25) is 0 Å². The van der Waals surface area contributed by atoms with Gasteiger partial charge in [-0.1, -0.05) is 0 Å². The van der Waals surface area contributed by atoms with Gasteiger partial charge in [-0.25, -0.2) is 19.7 Å². The summed E-state index contributed by atoms with van der Waals surface area (Å²) in [7, 11) is 3.02. The molecule has 160 valence electrons. The van der Waals surface area contributed by atoms with Gasteiger partial charge >= 0.3 is 5.69 Å². The van der Waals surface area contributed by atoms with Crippen molar-refractivity contribution in [1.29, 1.82) is 0 Å². The van der Waals surface area contributed by atoms with Crippen molar-refractivity contribution in [2.24, 2.45) is 14.1 Å². The molecule has 0 radical (unpaired) electrons. The van der Waals surface area contributed by atoms with Crippen LogP contribution in [0.2, 0.25) is 0 Å². The van der Waals surface area contributed by atoms with Gasteiger partial charge in [0.25, 0.3) is 5.56 Å². The van der Waals surface area contributed by atoms with Crippen LogP contribution in [0.1, 0.15) is 5.82 Å². The van der Waals surface area contributed by atoms with Crippen molar-refractivity contribution in [2.75, 3.05) is 32.7 Å². The number of imidazole rings is 1. The highest BCUT2D eigenvalue weighted by Crippen LogP contribution is 2.09. The highest BCUT2D eigenvalue weighted by Gasteiger charge is 2.21. The second-order valence-electron chi connectivity index (χ2n) is 7.67. The molecular weight excluding hydrogens is 388 g/mol. The third-order valence-corrected chi connectivity index (χ3v) is 5.54. The Morgan fingerprint density at radius 1 is 0.967 bits per heavy atom. The normalized spacial score (nSPS) is 16.9. The summed E-state index contributed by atoms with van der Waals surface area (Å²) < 4.78 is 4.03. The minimum Gasteiger partial charge on any atom is -0.390 e. The fourth-order valence-electron chi connectivity index (χ4n) is 3.86. The lowest BCUT2D eigenvalue weighted by atomic mass is 10.2. The molecule has 30 heavy (non-hydrogen) atoms. The van der Waals surface area contributed by atoms with Crippen LogP contribution in [0.15, 0.2) is 34.4 Å². The number of aryl methyl sites for hydroxylation is 1. The largest absolute Gasteiger partial charge is 0.390 e. The molecule has 4 rings (SSSR count). The molecule has 0 bridgehead atoms. The van der Waals surface area contributed by atoms with E-state index >= 15 is 0 Å². The van der Waals surface area contributed by atoms with Gasteiger partial charge in [-0.05, 0) is 6.07 Å². The molecule has 3 aromatic rings. The molecule has 3 aromatic heterocycles. The molecule has 11 nitrogen and oxygen atoms in total. The molecule has 4 heterocycles. The van der Waals surface area contributed by atoms with Crippen LogP contribution in [0.5, 0.6) is 0 Å². The average Bonchev–Trinajstić information content (AvgIpc) is 3.16. The van der Waals surface area contributed by atoms with E-state index in [1.807, 2.05) is 6.07 Å². The molecule has 1 aliphatic rings. The second-order valence-corrected chi connectivity index (χ2v) is 7.67. The van der Waals surface area contributed by atoms with E-state index < -0.39 is 17.4 Å². The standard InChI is InChI=1S/C19H26N8O3/c1-23-17-16(18(29)24(2)19(23)30)27(13-22-17)11-14(28)10-25-6-8-26(9-7-25)12-15-20-4-3-5-21-15/h3-5,13-14,28H,6-12H2,1-2H3. The lowest BCUT2D eigenvalue weighted by Crippen LogP contribution is -2.48. The lowest BCUT2D eigenvalue weighted by Gasteiger charge is -2.35. The summed E-state index contributed by atoms with van der Waals surface area (Å²) in [6, 6.07) is 1.81. The van der Waals surface area contributed by atoms with E-state index in [1.54, 1.807) is 24.0 Å². The number of hydrogen-bond acceptors (Lipinski definition) is 8. The zero-order chi connectivity index (χ0) is 21.3. The number of aromatic nitrogens is 6. The van der Waals surface area contributed by atoms with Crippen LogP contribution < -0.4 is 11.2 Å². The third kappa shape index (κ3) is 4.04. The predicted octanol–water partition coefficient (Wildman–Crippen LogP) is -1.60. The summed E-state index contributed by atoms with van der Waals surface area (Å²) in [5.41, 5.74) is -0.176. The minimum absolute atomic E-state index is 0.238. The molecule has 1 aliphatic heterocycles. The van der Waals surface area contributed by atoms with Crippen LogP contribution in [-0.2, 0) is 27.2 Å². The maximum atomic E-state index is 12.5. The summed E-state index contributed by atoms with van der Waals surface area (Å²) in [4.78, 5) is 41.8. The molecule has 11 heteroatoms. The fraction of sp³-hybridized carbons (Fsp3) is 0.526. The quantitative estimate of drug-likeness (QED) is 0.513. The number of fused-ring (bicyclic) bond motifs is 1. The number of nitrogens with zero attached hydrogens (tertiary/aromatic N) is 8. The van der Waals surface area contributed by atoms with Gasteiger partial charge in [-0.3, -0.25) is 23.7 Å². The van der Waals surface area contributed by atoms with Crippen molar-refractivity contribution in [3.05, 3.63) is 51.4 Å². The van der Waals surface area contributed by atoms with Crippen molar-refractivity contribution in [1.82, 2.24) is 38.5 Å². The van der Waals surface area contributed by atoms with Crippen LogP contribution in [0, 0.1) is 0 Å². The molecule has 0 aliphatic carbocycles. The van der Waals surface area contributed by atoms with Crippen molar-refractivity contribution in [3.8, 4) is 0 Å². The maximum Gasteiger partial charge on any atom is 0.332 e. The zero-order valence-corrected chi connectivity index (χ0v) is 17.2. The molecule has 0 amide bonds. The molecule has 1 saturated heterocycles. The van der Waals surface area contributed by atoms with E-state index in [4.69, 9.17) is 0 Å². The number of aliphatic hydroxyl groups is 1. The number of hydrogen-bond donors (Lipinski definition) is 1. The van der Waals surface area contributed by atoms with E-state index in [-0.39, 0.29) is 6.54 Å². The number of rotatable bonds is 6. The number of aliphatic hydroxyl groups excluding tert-OH is 1. The van der Waals surface area contributed by atoms with Crippen molar-refractivity contribution < 1.29 is 5.11 Å². The van der Waals surface area contributed by atoms with Crippen LogP contribution in [-0.4, -0.2) is 82.4 Å². The molecule has 0 spiro atoms. The second kappa shape index (κ2) is 8.46. The third-order valence-electron chi connectivity index (χ3n) is 5.54. The van der Waals surface area contributed by atoms with E-state index in [0.29, 0.717) is 17.7 Å². The van der Waals surface area contributed by atoms with Crippen molar-refractivity contribution in [2.45, 2.75) is 19.2 Å². The summed E-state index contributed by atoms with van der Waals surface area (Å²) in [6.07, 6.45) is 4.35. The topological polar surface area (TPSA) is 114 Å². The monoisotopic (exact) mass is 414 g/mol. The Bertz CT molecular complexity index is 1130. The highest BCUT2D eigenvalue weighted by molar-refractivity contribution is 5.69. The van der Waals surface area contributed by atoms with Gasteiger partial charge in [0.1, 0.15) is 5.82 Å². The molecule has 1 unspecified atom stereocenters. The minimum atomic E-state index is -0.659. The van der Waals surface area contributed by atoms with Crippen molar-refractivity contribution >= 4 is 11.2 Å². The van der Waals surface area contributed by atoms with E-state index in [9.17, 15) is 14.7 Å². The predicted molar refractivity (Wildman–Crippen MR) is 110 cm³/mol. The van der Waals surface area contributed by atoms with Gasteiger partial charge in [0.15, 0.2) is 11.2 Å². The number of β-amino-alcohol motifs (C(OH)–C–C–N with tert-alkyl or cyclic N) is 1. The zero-order valence-electron chi connectivity index (χ0n) is 17.2. The van der Waals surface area contributed by atoms with Crippen molar-refractivity contribution in [3.63, 3.8) is 0 Å². The molecule has 0 saturated carbocycles.